The van der Waals surface area contributed by atoms with Gasteiger partial charge in [-0.2, -0.15) is 16.7 Å². The molecule has 47 heavy (non-hydrogen) atoms. The fourth-order valence-electron chi connectivity index (χ4n) is 6.55. The summed E-state index contributed by atoms with van der Waals surface area (Å²) in [5.74, 6) is 2.67. The number of pyridine rings is 1. The summed E-state index contributed by atoms with van der Waals surface area (Å²) in [4.78, 5) is 4.79. The van der Waals surface area contributed by atoms with Crippen LogP contribution in [0.2, 0.25) is 0 Å². The Bertz CT molecular complexity index is 2230. The largest absolute Gasteiger partial charge is 2.00 e. The molecule has 0 aliphatic carbocycles. The molecule has 0 saturated heterocycles. The third-order valence-electron chi connectivity index (χ3n) is 8.92. The molecule has 0 N–H and O–H groups in total. The van der Waals surface area contributed by atoms with Crippen molar-refractivity contribution in [2.24, 2.45) is 5.92 Å². The summed E-state index contributed by atoms with van der Waals surface area (Å²) in [7, 11) is 0. The van der Waals surface area contributed by atoms with E-state index in [-0.39, 0.29) is 21.1 Å². The van der Waals surface area contributed by atoms with Crippen molar-refractivity contribution in [1.29, 1.82) is 0 Å². The third-order valence-corrected chi connectivity index (χ3v) is 8.92. The average molecular weight is 798 g/mol. The number of hydrogen-bond acceptors (Lipinski definition) is 3. The zero-order chi connectivity index (χ0) is 32.1. The first-order chi connectivity index (χ1) is 22.2. The predicted octanol–water partition coefficient (Wildman–Crippen LogP) is 10.2. The van der Waals surface area contributed by atoms with E-state index in [4.69, 9.17) is 14.8 Å². The molecule has 0 radical (unpaired) electrons. The van der Waals surface area contributed by atoms with Crippen LogP contribution in [0.3, 0.4) is 0 Å². The summed E-state index contributed by atoms with van der Waals surface area (Å²) in [5, 5.41) is 7.00. The Kier molecular flexibility index (Phi) is 8.96. The van der Waals surface area contributed by atoms with Gasteiger partial charge < -0.3 is 9.30 Å². The van der Waals surface area contributed by atoms with Gasteiger partial charge in [0.15, 0.2) is 0 Å². The Hall–Kier alpha value is -4.47. The van der Waals surface area contributed by atoms with Crippen LogP contribution in [-0.4, -0.2) is 19.3 Å². The van der Waals surface area contributed by atoms with Crippen molar-refractivity contribution >= 4 is 21.8 Å². The minimum atomic E-state index is 0. The molecule has 238 valence electrons. The van der Waals surface area contributed by atoms with Crippen molar-refractivity contribution in [3.8, 4) is 34.1 Å². The first-order valence-electron chi connectivity index (χ1n) is 15.9. The first kappa shape index (κ1) is 32.5. The molecule has 5 nitrogen and oxygen atoms in total. The summed E-state index contributed by atoms with van der Waals surface area (Å²) in [6.45, 7) is 15.2. The van der Waals surface area contributed by atoms with Crippen LogP contribution in [0.25, 0.3) is 44.4 Å². The van der Waals surface area contributed by atoms with E-state index in [0.29, 0.717) is 17.4 Å². The maximum Gasteiger partial charge on any atom is 2.00 e. The van der Waals surface area contributed by atoms with Crippen LogP contribution in [0.15, 0.2) is 85.3 Å². The molecule has 4 aromatic carbocycles. The molecule has 0 aliphatic rings. The molecule has 0 fully saturated rings. The van der Waals surface area contributed by atoms with Crippen LogP contribution in [0.4, 0.5) is 0 Å². The van der Waals surface area contributed by atoms with Crippen molar-refractivity contribution in [3.05, 3.63) is 131 Å². The maximum absolute atomic E-state index is 6.47. The smallest absolute Gasteiger partial charge is 0.509 e. The van der Waals surface area contributed by atoms with Gasteiger partial charge in [-0.25, -0.2) is 4.98 Å². The molecule has 0 aliphatic heterocycles. The Labute approximate surface area is 291 Å². The van der Waals surface area contributed by atoms with Crippen LogP contribution in [0.5, 0.6) is 11.5 Å². The van der Waals surface area contributed by atoms with Crippen LogP contribution in [-0.2, 0) is 27.5 Å². The molecule has 0 atom stereocenters. The molecule has 7 rings (SSSR count). The van der Waals surface area contributed by atoms with Crippen LogP contribution in [0, 0.1) is 52.7 Å². The van der Waals surface area contributed by atoms with Gasteiger partial charge in [-0.1, -0.05) is 50.6 Å². The maximum atomic E-state index is 6.47. The number of nitrogens with zero attached hydrogens (tertiary/aromatic N) is 4. The Morgan fingerprint density at radius 1 is 0.809 bits per heavy atom. The van der Waals surface area contributed by atoms with Crippen LogP contribution in [0.1, 0.15) is 47.2 Å². The van der Waals surface area contributed by atoms with E-state index in [9.17, 15) is 0 Å². The van der Waals surface area contributed by atoms with Gasteiger partial charge in [0, 0.05) is 35.0 Å². The minimum absolute atomic E-state index is 0. The second-order valence-corrected chi connectivity index (χ2v) is 12.9. The van der Waals surface area contributed by atoms with E-state index in [1.807, 2.05) is 29.2 Å². The minimum Gasteiger partial charge on any atom is -0.509 e. The van der Waals surface area contributed by atoms with E-state index < -0.39 is 0 Å². The fourth-order valence-corrected chi connectivity index (χ4v) is 6.55. The molecule has 0 saturated carbocycles. The summed E-state index contributed by atoms with van der Waals surface area (Å²) in [5.41, 5.74) is 12.6. The molecule has 0 bridgehead atoms. The molecular formula is C41H38N4OPt. The zero-order valence-electron chi connectivity index (χ0n) is 27.9. The van der Waals surface area contributed by atoms with Crippen molar-refractivity contribution in [2.45, 2.75) is 54.9 Å². The molecule has 3 aromatic heterocycles. The number of aromatic nitrogens is 4. The van der Waals surface area contributed by atoms with E-state index in [1.165, 1.54) is 33.4 Å². The van der Waals surface area contributed by atoms with Crippen molar-refractivity contribution < 1.29 is 25.8 Å². The molecule has 0 spiro atoms. The normalized spacial score (nSPS) is 11.4. The first-order valence-corrected chi connectivity index (χ1v) is 15.9. The van der Waals surface area contributed by atoms with E-state index in [2.05, 4.69) is 126 Å². The quantitative estimate of drug-likeness (QED) is 0.151. The number of aryl methyl sites for hydroxylation is 3. The van der Waals surface area contributed by atoms with Crippen LogP contribution < -0.4 is 4.74 Å². The van der Waals surface area contributed by atoms with Crippen molar-refractivity contribution in [2.75, 3.05) is 0 Å². The average Bonchev–Trinajstić information content (AvgIpc) is 3.63. The van der Waals surface area contributed by atoms with Crippen molar-refractivity contribution in [3.63, 3.8) is 0 Å². The monoisotopic (exact) mass is 797 g/mol. The molecule has 6 heteroatoms. The van der Waals surface area contributed by atoms with Gasteiger partial charge >= 0.3 is 21.1 Å². The molecular weight excluding hydrogens is 760 g/mol. The van der Waals surface area contributed by atoms with Gasteiger partial charge in [-0.15, -0.1) is 35.7 Å². The van der Waals surface area contributed by atoms with Gasteiger partial charge in [0.1, 0.15) is 5.82 Å². The second kappa shape index (κ2) is 13.0. The van der Waals surface area contributed by atoms with Crippen molar-refractivity contribution in [1.82, 2.24) is 19.3 Å². The Morgan fingerprint density at radius 2 is 1.57 bits per heavy atom. The summed E-state index contributed by atoms with van der Waals surface area (Å²) in [6, 6.07) is 30.2. The third kappa shape index (κ3) is 6.17. The number of ether oxygens (including phenoxy) is 1. The Morgan fingerprint density at radius 3 is 2.34 bits per heavy atom. The predicted molar refractivity (Wildman–Crippen MR) is 188 cm³/mol. The molecule has 0 amide bonds. The topological polar surface area (TPSA) is 44.9 Å². The SMILES string of the molecule is Cc1cc(Oc2[c-]c3c(cc2)c2ccccc2n3-c2cc(CC(C)C)ccn2)[c-]c(-n2cc(-c3c(C)c(C)cc(C)c3C)cn2)c1.[Pt+2]. The van der Waals surface area contributed by atoms with Gasteiger partial charge in [0.05, 0.1) is 6.20 Å². The second-order valence-electron chi connectivity index (χ2n) is 12.9. The zero-order valence-corrected chi connectivity index (χ0v) is 30.2. The molecule has 3 heterocycles. The van der Waals surface area contributed by atoms with E-state index >= 15 is 0 Å². The molecule has 0 unspecified atom stereocenters. The fraction of sp³-hybridized carbons (Fsp3) is 0.220. The van der Waals surface area contributed by atoms with Gasteiger partial charge in [0.25, 0.3) is 0 Å². The number of fused-ring (bicyclic) bond motifs is 3. The van der Waals surface area contributed by atoms with E-state index in [0.717, 1.165) is 50.9 Å². The molecule has 7 aromatic rings. The number of hydrogen-bond donors (Lipinski definition) is 0. The van der Waals surface area contributed by atoms with Gasteiger partial charge in [-0.3, -0.25) is 4.68 Å². The number of para-hydroxylation sites is 1. The van der Waals surface area contributed by atoms with Gasteiger partial charge in [-0.05, 0) is 103 Å². The summed E-state index contributed by atoms with van der Waals surface area (Å²) in [6.07, 6.45) is 6.93. The summed E-state index contributed by atoms with van der Waals surface area (Å²) >= 11 is 0. The summed E-state index contributed by atoms with van der Waals surface area (Å²) < 4.78 is 10.5. The Balaban J connectivity index is 0.00000386. The number of benzene rings is 4. The van der Waals surface area contributed by atoms with E-state index in [1.54, 1.807) is 0 Å². The van der Waals surface area contributed by atoms with Crippen LogP contribution >= 0.6 is 0 Å². The number of rotatable bonds is 7. The van der Waals surface area contributed by atoms with Gasteiger partial charge in [0.2, 0.25) is 0 Å². The standard InChI is InChI=1S/C41H38N4O.Pt/c1-25(2)16-31-14-15-42-40(20-31)45-38-11-9-8-10-36(38)37-13-12-34(22-39(37)45)46-35-18-26(3)17-33(21-35)44-24-32(23-43-44)41-29(6)27(4)19-28(5)30(41)7;/h8-15,17-20,23-25H,16H2,1-7H3;/q-2;+2.